The van der Waals surface area contributed by atoms with Gasteiger partial charge >= 0.3 is 0 Å². The summed E-state index contributed by atoms with van der Waals surface area (Å²) in [5, 5.41) is 8.86. The third-order valence-electron chi connectivity index (χ3n) is 5.42. The smallest absolute Gasteiger partial charge is 0.274 e. The number of aryl methyl sites for hydroxylation is 2. The van der Waals surface area contributed by atoms with Crippen molar-refractivity contribution in [2.75, 3.05) is 0 Å². The summed E-state index contributed by atoms with van der Waals surface area (Å²) in [6.07, 6.45) is 5.60. The first-order valence-corrected chi connectivity index (χ1v) is 9.57. The monoisotopic (exact) mass is 373 g/mol. The number of hydrogen-bond acceptors (Lipinski definition) is 4. The van der Waals surface area contributed by atoms with E-state index in [1.54, 1.807) is 11.5 Å². The molecule has 1 aromatic heterocycles. The second-order valence-corrected chi connectivity index (χ2v) is 7.46. The van der Waals surface area contributed by atoms with Gasteiger partial charge in [0.2, 0.25) is 0 Å². The normalized spacial score (nSPS) is 15.7. The maximum Gasteiger partial charge on any atom is 0.274 e. The van der Waals surface area contributed by atoms with Crippen LogP contribution in [0.1, 0.15) is 39.3 Å². The van der Waals surface area contributed by atoms with Gasteiger partial charge in [-0.3, -0.25) is 10.0 Å². The second-order valence-electron chi connectivity index (χ2n) is 7.46. The molecule has 0 bridgehead atoms. The topological polar surface area (TPSA) is 75.1 Å². The number of benzene rings is 2. The van der Waals surface area contributed by atoms with Crippen LogP contribution in [0.3, 0.4) is 0 Å². The molecule has 1 aliphatic carbocycles. The Hall–Kier alpha value is -3.05. The number of carbonyl (C=O) groups excluding carboxylic acids is 1. The minimum Gasteiger partial charge on any atom is -0.288 e. The molecule has 1 amide bonds. The number of aromatic nitrogens is 2. The van der Waals surface area contributed by atoms with Crippen LogP contribution in [-0.4, -0.2) is 21.1 Å². The standard InChI is InChI=1S/C23H23N3O2/c1-15-2-5-18(6-3-15)21-10-11-24-22(25-21)13-16-4-7-17-8-9-19(23(27)26-28)14-20(17)12-16/h2-3,5-6,8-11,14,16,28H,4,7,12-13H2,1H3,(H,26,27). The lowest BCUT2D eigenvalue weighted by molar-refractivity contribution is 0.0706. The van der Waals surface area contributed by atoms with Crippen molar-refractivity contribution < 1.29 is 10.0 Å². The number of nitrogens with one attached hydrogen (secondary N) is 1. The van der Waals surface area contributed by atoms with Crippen molar-refractivity contribution >= 4 is 5.91 Å². The third kappa shape index (κ3) is 3.94. The van der Waals surface area contributed by atoms with E-state index in [0.29, 0.717) is 11.5 Å². The molecule has 5 nitrogen and oxygen atoms in total. The van der Waals surface area contributed by atoms with E-state index in [9.17, 15) is 4.79 Å². The van der Waals surface area contributed by atoms with Crippen LogP contribution in [-0.2, 0) is 19.3 Å². The van der Waals surface area contributed by atoms with E-state index in [4.69, 9.17) is 10.2 Å². The molecule has 28 heavy (non-hydrogen) atoms. The highest BCUT2D eigenvalue weighted by molar-refractivity contribution is 5.93. The molecule has 1 aliphatic rings. The maximum absolute atomic E-state index is 11.7. The minimum absolute atomic E-state index is 0.438. The summed E-state index contributed by atoms with van der Waals surface area (Å²) >= 11 is 0. The molecular weight excluding hydrogens is 350 g/mol. The van der Waals surface area contributed by atoms with E-state index in [0.717, 1.165) is 42.8 Å². The first kappa shape index (κ1) is 18.3. The molecule has 0 saturated carbocycles. The molecule has 0 spiro atoms. The van der Waals surface area contributed by atoms with Crippen molar-refractivity contribution in [3.05, 3.63) is 82.8 Å². The van der Waals surface area contributed by atoms with Crippen LogP contribution in [0.15, 0.2) is 54.7 Å². The molecule has 0 fully saturated rings. The summed E-state index contributed by atoms with van der Waals surface area (Å²) in [6, 6.07) is 16.0. The molecule has 0 aliphatic heterocycles. The van der Waals surface area contributed by atoms with Crippen molar-refractivity contribution in [3.63, 3.8) is 0 Å². The fraction of sp³-hybridized carbons (Fsp3) is 0.261. The van der Waals surface area contributed by atoms with Gasteiger partial charge in [0.1, 0.15) is 5.82 Å². The summed E-state index contributed by atoms with van der Waals surface area (Å²) in [6.45, 7) is 2.08. The van der Waals surface area contributed by atoms with Crippen molar-refractivity contribution in [1.82, 2.24) is 15.4 Å². The SMILES string of the molecule is Cc1ccc(-c2ccnc(CC3CCc4ccc(C(=O)NO)cc4C3)n2)cc1. The first-order chi connectivity index (χ1) is 13.6. The predicted octanol–water partition coefficient (Wildman–Crippen LogP) is 3.92. The maximum atomic E-state index is 11.7. The van der Waals surface area contributed by atoms with E-state index in [1.807, 2.05) is 24.4 Å². The Bertz CT molecular complexity index is 999. The zero-order valence-electron chi connectivity index (χ0n) is 15.9. The number of fused-ring (bicyclic) bond motifs is 1. The highest BCUT2D eigenvalue weighted by Crippen LogP contribution is 2.28. The minimum atomic E-state index is -0.473. The molecule has 1 heterocycles. The molecule has 0 radical (unpaired) electrons. The second kappa shape index (κ2) is 7.90. The Morgan fingerprint density at radius 3 is 2.75 bits per heavy atom. The Labute approximate surface area is 164 Å². The molecule has 1 atom stereocenters. The summed E-state index contributed by atoms with van der Waals surface area (Å²) in [5.41, 5.74) is 7.92. The lowest BCUT2D eigenvalue weighted by Crippen LogP contribution is -2.21. The van der Waals surface area contributed by atoms with Gasteiger partial charge in [0.25, 0.3) is 5.91 Å². The van der Waals surface area contributed by atoms with Crippen molar-refractivity contribution in [2.45, 2.75) is 32.6 Å². The van der Waals surface area contributed by atoms with Crippen LogP contribution in [0.4, 0.5) is 0 Å². The van der Waals surface area contributed by atoms with E-state index in [1.165, 1.54) is 16.7 Å². The van der Waals surface area contributed by atoms with Gasteiger partial charge in [0, 0.05) is 23.7 Å². The lowest BCUT2D eigenvalue weighted by atomic mass is 9.81. The van der Waals surface area contributed by atoms with Gasteiger partial charge in [0.15, 0.2) is 0 Å². The summed E-state index contributed by atoms with van der Waals surface area (Å²) < 4.78 is 0. The number of carbonyl (C=O) groups is 1. The number of hydroxylamine groups is 1. The number of hydrogen-bond donors (Lipinski definition) is 2. The fourth-order valence-corrected chi connectivity index (χ4v) is 3.85. The molecule has 3 aromatic rings. The summed E-state index contributed by atoms with van der Waals surface area (Å²) in [5.74, 6) is 0.822. The van der Waals surface area contributed by atoms with Gasteiger partial charge in [-0.15, -0.1) is 0 Å². The molecule has 1 unspecified atom stereocenters. The highest BCUT2D eigenvalue weighted by Gasteiger charge is 2.21. The number of amides is 1. The average molecular weight is 373 g/mol. The predicted molar refractivity (Wildman–Crippen MR) is 107 cm³/mol. The summed E-state index contributed by atoms with van der Waals surface area (Å²) in [7, 11) is 0. The number of nitrogens with zero attached hydrogens (tertiary/aromatic N) is 2. The highest BCUT2D eigenvalue weighted by atomic mass is 16.5. The Morgan fingerprint density at radius 2 is 1.96 bits per heavy atom. The zero-order valence-corrected chi connectivity index (χ0v) is 15.9. The third-order valence-corrected chi connectivity index (χ3v) is 5.42. The van der Waals surface area contributed by atoms with Crippen molar-refractivity contribution in [3.8, 4) is 11.3 Å². The van der Waals surface area contributed by atoms with E-state index < -0.39 is 5.91 Å². The van der Waals surface area contributed by atoms with Gasteiger partial charge in [-0.05, 0) is 61.4 Å². The molecule has 2 aromatic carbocycles. The average Bonchev–Trinajstić information content (AvgIpc) is 2.73. The van der Waals surface area contributed by atoms with Crippen LogP contribution >= 0.6 is 0 Å². The van der Waals surface area contributed by atoms with Gasteiger partial charge in [0.05, 0.1) is 5.69 Å². The van der Waals surface area contributed by atoms with E-state index >= 15 is 0 Å². The molecular formula is C23H23N3O2. The Balaban J connectivity index is 1.50. The zero-order chi connectivity index (χ0) is 19.5. The molecule has 0 saturated heterocycles. The van der Waals surface area contributed by atoms with Crippen LogP contribution in [0, 0.1) is 12.8 Å². The quantitative estimate of drug-likeness (QED) is 0.537. The van der Waals surface area contributed by atoms with Gasteiger partial charge in [-0.25, -0.2) is 15.4 Å². The molecule has 142 valence electrons. The Kier molecular flexibility index (Phi) is 5.17. The van der Waals surface area contributed by atoms with E-state index in [-0.39, 0.29) is 0 Å². The van der Waals surface area contributed by atoms with Crippen molar-refractivity contribution in [1.29, 1.82) is 0 Å². The molecule has 5 heteroatoms. The molecule has 4 rings (SSSR count). The fourth-order valence-electron chi connectivity index (χ4n) is 3.85. The van der Waals surface area contributed by atoms with Gasteiger partial charge < -0.3 is 0 Å². The lowest BCUT2D eigenvalue weighted by Gasteiger charge is -2.24. The van der Waals surface area contributed by atoms with Crippen LogP contribution in [0.5, 0.6) is 0 Å². The summed E-state index contributed by atoms with van der Waals surface area (Å²) in [4.78, 5) is 20.9. The van der Waals surface area contributed by atoms with Crippen molar-refractivity contribution in [2.24, 2.45) is 5.92 Å². The number of rotatable bonds is 4. The van der Waals surface area contributed by atoms with Crippen LogP contribution in [0.25, 0.3) is 11.3 Å². The molecule has 2 N–H and O–H groups in total. The van der Waals surface area contributed by atoms with Gasteiger partial charge in [-0.1, -0.05) is 35.9 Å². The van der Waals surface area contributed by atoms with Crippen LogP contribution < -0.4 is 5.48 Å². The largest absolute Gasteiger partial charge is 0.288 e. The first-order valence-electron chi connectivity index (χ1n) is 9.57. The Morgan fingerprint density at radius 1 is 1.14 bits per heavy atom. The van der Waals surface area contributed by atoms with Gasteiger partial charge in [-0.2, -0.15) is 0 Å². The van der Waals surface area contributed by atoms with E-state index in [2.05, 4.69) is 36.2 Å². The van der Waals surface area contributed by atoms with Crippen LogP contribution in [0.2, 0.25) is 0 Å².